The Morgan fingerprint density at radius 2 is 2.00 bits per heavy atom. The van der Waals surface area contributed by atoms with E-state index in [-0.39, 0.29) is 5.84 Å². The van der Waals surface area contributed by atoms with Crippen LogP contribution in [0.3, 0.4) is 0 Å². The van der Waals surface area contributed by atoms with E-state index in [4.69, 9.17) is 11.1 Å². The van der Waals surface area contributed by atoms with Crippen molar-refractivity contribution in [1.29, 1.82) is 5.41 Å². The third-order valence-electron chi connectivity index (χ3n) is 3.12. The van der Waals surface area contributed by atoms with Crippen LogP contribution in [0.25, 0.3) is 0 Å². The summed E-state index contributed by atoms with van der Waals surface area (Å²) in [6, 6.07) is 10.0. The summed E-state index contributed by atoms with van der Waals surface area (Å²) in [5, 5.41) is 7.73. The van der Waals surface area contributed by atoms with Crippen LogP contribution >= 0.6 is 0 Å². The van der Waals surface area contributed by atoms with Gasteiger partial charge in [-0.1, -0.05) is 12.1 Å². The fraction of sp³-hybridized carbons (Fsp3) is 0.200. The number of nitrogen functional groups attached to an aromatic ring is 1. The van der Waals surface area contributed by atoms with Gasteiger partial charge in [0, 0.05) is 18.9 Å². The van der Waals surface area contributed by atoms with Crippen molar-refractivity contribution in [1.82, 2.24) is 4.98 Å². The number of rotatable bonds is 3. The van der Waals surface area contributed by atoms with Crippen LogP contribution in [0.5, 0.6) is 0 Å². The van der Waals surface area contributed by atoms with Crippen LogP contribution < -0.4 is 10.6 Å². The fourth-order valence-electron chi connectivity index (χ4n) is 2.09. The Bertz CT molecular complexity index is 619. The second-order valence-electron chi connectivity index (χ2n) is 4.64. The monoisotopic (exact) mass is 254 g/mol. The first-order valence-electron chi connectivity index (χ1n) is 6.11. The molecule has 0 fully saturated rings. The number of nitrogens with two attached hydrogens (primary N) is 1. The molecule has 19 heavy (non-hydrogen) atoms. The quantitative estimate of drug-likeness (QED) is 0.654. The maximum Gasteiger partial charge on any atom is 0.143 e. The van der Waals surface area contributed by atoms with E-state index in [1.54, 1.807) is 6.20 Å². The molecule has 98 valence electrons. The van der Waals surface area contributed by atoms with Gasteiger partial charge in [0.25, 0.3) is 0 Å². The Kier molecular flexibility index (Phi) is 3.51. The number of hydrogen-bond donors (Lipinski definition) is 2. The van der Waals surface area contributed by atoms with Crippen molar-refractivity contribution in [2.45, 2.75) is 13.8 Å². The van der Waals surface area contributed by atoms with Gasteiger partial charge in [-0.25, -0.2) is 4.98 Å². The molecule has 4 heteroatoms. The first-order chi connectivity index (χ1) is 9.00. The summed E-state index contributed by atoms with van der Waals surface area (Å²) < 4.78 is 0. The molecule has 0 radical (unpaired) electrons. The number of anilines is 2. The minimum absolute atomic E-state index is 0.0418. The van der Waals surface area contributed by atoms with E-state index in [0.29, 0.717) is 11.4 Å². The zero-order valence-corrected chi connectivity index (χ0v) is 11.4. The molecule has 0 aliphatic rings. The van der Waals surface area contributed by atoms with Crippen LogP contribution in [-0.2, 0) is 0 Å². The van der Waals surface area contributed by atoms with Crippen molar-refractivity contribution < 1.29 is 0 Å². The standard InChI is InChI=1S/C15H18N4/c1-10-5-4-6-12(9-10)19(3)15-13(14(16)17)11(2)7-8-18-15/h4-9H,1-3H3,(H3,16,17). The molecule has 1 aromatic heterocycles. The number of nitrogens with zero attached hydrogens (tertiary/aromatic N) is 2. The maximum atomic E-state index is 7.73. The van der Waals surface area contributed by atoms with Crippen LogP contribution in [0.4, 0.5) is 11.5 Å². The predicted molar refractivity (Wildman–Crippen MR) is 79.2 cm³/mol. The number of hydrogen-bond acceptors (Lipinski definition) is 3. The van der Waals surface area contributed by atoms with Gasteiger partial charge in [0.2, 0.25) is 0 Å². The third kappa shape index (κ3) is 2.57. The molecule has 3 N–H and O–H groups in total. The van der Waals surface area contributed by atoms with E-state index in [9.17, 15) is 0 Å². The minimum atomic E-state index is 0.0418. The SMILES string of the molecule is Cc1cccc(N(C)c2nccc(C)c2C(=N)N)c1. The zero-order chi connectivity index (χ0) is 14.0. The van der Waals surface area contributed by atoms with E-state index in [1.165, 1.54) is 5.56 Å². The van der Waals surface area contributed by atoms with Gasteiger partial charge in [-0.15, -0.1) is 0 Å². The molecule has 0 bridgehead atoms. The number of aryl methyl sites for hydroxylation is 2. The topological polar surface area (TPSA) is 66.0 Å². The smallest absolute Gasteiger partial charge is 0.143 e. The molecule has 2 aromatic rings. The first kappa shape index (κ1) is 13.1. The van der Waals surface area contributed by atoms with Crippen molar-refractivity contribution in [3.8, 4) is 0 Å². The van der Waals surface area contributed by atoms with E-state index in [0.717, 1.165) is 11.3 Å². The Labute approximate surface area is 113 Å². The molecule has 0 spiro atoms. The number of aromatic nitrogens is 1. The average Bonchev–Trinajstić information content (AvgIpc) is 2.37. The zero-order valence-electron chi connectivity index (χ0n) is 11.4. The Morgan fingerprint density at radius 3 is 2.63 bits per heavy atom. The molecule has 0 aliphatic heterocycles. The summed E-state index contributed by atoms with van der Waals surface area (Å²) >= 11 is 0. The van der Waals surface area contributed by atoms with Gasteiger partial charge >= 0.3 is 0 Å². The highest BCUT2D eigenvalue weighted by Crippen LogP contribution is 2.26. The van der Waals surface area contributed by atoms with Gasteiger partial charge in [0.15, 0.2) is 0 Å². The van der Waals surface area contributed by atoms with Gasteiger partial charge in [-0.05, 0) is 43.2 Å². The summed E-state index contributed by atoms with van der Waals surface area (Å²) in [6.07, 6.45) is 1.74. The molecule has 0 amide bonds. The number of benzene rings is 1. The summed E-state index contributed by atoms with van der Waals surface area (Å²) in [7, 11) is 1.93. The maximum absolute atomic E-state index is 7.73. The number of pyridine rings is 1. The molecule has 0 unspecified atom stereocenters. The minimum Gasteiger partial charge on any atom is -0.384 e. The molecule has 0 aliphatic carbocycles. The lowest BCUT2D eigenvalue weighted by molar-refractivity contribution is 1.10. The Balaban J connectivity index is 2.53. The average molecular weight is 254 g/mol. The van der Waals surface area contributed by atoms with Crippen LogP contribution in [0.2, 0.25) is 0 Å². The largest absolute Gasteiger partial charge is 0.384 e. The van der Waals surface area contributed by atoms with Gasteiger partial charge < -0.3 is 10.6 Å². The summed E-state index contributed by atoms with van der Waals surface area (Å²) in [5.41, 5.74) is 9.53. The van der Waals surface area contributed by atoms with Gasteiger partial charge in [-0.2, -0.15) is 0 Å². The highest BCUT2D eigenvalue weighted by molar-refractivity contribution is 6.01. The Hall–Kier alpha value is -2.36. The molecule has 0 saturated heterocycles. The first-order valence-corrected chi connectivity index (χ1v) is 6.11. The lowest BCUT2D eigenvalue weighted by atomic mass is 10.1. The van der Waals surface area contributed by atoms with Gasteiger partial charge in [0.1, 0.15) is 11.7 Å². The van der Waals surface area contributed by atoms with E-state index in [2.05, 4.69) is 11.1 Å². The van der Waals surface area contributed by atoms with Crippen molar-refractivity contribution in [3.05, 3.63) is 53.2 Å². The lowest BCUT2D eigenvalue weighted by Crippen LogP contribution is -2.21. The van der Waals surface area contributed by atoms with Crippen LogP contribution in [0.1, 0.15) is 16.7 Å². The molecule has 2 rings (SSSR count). The summed E-state index contributed by atoms with van der Waals surface area (Å²) in [5.74, 6) is 0.748. The molecular formula is C15H18N4. The second-order valence-corrected chi connectivity index (χ2v) is 4.64. The van der Waals surface area contributed by atoms with Crippen LogP contribution in [0, 0.1) is 19.3 Å². The van der Waals surface area contributed by atoms with Gasteiger partial charge in [-0.3, -0.25) is 5.41 Å². The normalized spacial score (nSPS) is 10.3. The van der Waals surface area contributed by atoms with Crippen molar-refractivity contribution in [2.75, 3.05) is 11.9 Å². The van der Waals surface area contributed by atoms with Crippen molar-refractivity contribution in [2.24, 2.45) is 5.73 Å². The molecule has 1 aromatic carbocycles. The van der Waals surface area contributed by atoms with E-state index >= 15 is 0 Å². The molecule has 1 heterocycles. The Morgan fingerprint density at radius 1 is 1.26 bits per heavy atom. The fourth-order valence-corrected chi connectivity index (χ4v) is 2.09. The number of nitrogens with one attached hydrogen (secondary N) is 1. The number of amidine groups is 1. The van der Waals surface area contributed by atoms with Crippen molar-refractivity contribution >= 4 is 17.3 Å². The molecule has 0 atom stereocenters. The van der Waals surface area contributed by atoms with Crippen molar-refractivity contribution in [3.63, 3.8) is 0 Å². The van der Waals surface area contributed by atoms with E-state index in [1.807, 2.05) is 50.1 Å². The van der Waals surface area contributed by atoms with Crippen LogP contribution in [-0.4, -0.2) is 17.9 Å². The molecular weight excluding hydrogens is 236 g/mol. The summed E-state index contributed by atoms with van der Waals surface area (Å²) in [6.45, 7) is 3.99. The lowest BCUT2D eigenvalue weighted by Gasteiger charge is -2.22. The van der Waals surface area contributed by atoms with Crippen LogP contribution in [0.15, 0.2) is 36.5 Å². The van der Waals surface area contributed by atoms with Gasteiger partial charge in [0.05, 0.1) is 5.56 Å². The highest BCUT2D eigenvalue weighted by Gasteiger charge is 2.15. The highest BCUT2D eigenvalue weighted by atomic mass is 15.2. The molecule has 0 saturated carbocycles. The predicted octanol–water partition coefficient (Wildman–Crippen LogP) is 2.75. The molecule has 4 nitrogen and oxygen atoms in total. The third-order valence-corrected chi connectivity index (χ3v) is 3.12. The van der Waals surface area contributed by atoms with E-state index < -0.39 is 0 Å². The second kappa shape index (κ2) is 5.10. The summed E-state index contributed by atoms with van der Waals surface area (Å²) in [4.78, 5) is 6.33.